The van der Waals surface area contributed by atoms with Crippen LogP contribution in [0.25, 0.3) is 0 Å². The molecule has 0 heterocycles. The van der Waals surface area contributed by atoms with E-state index >= 15 is 0 Å². The van der Waals surface area contributed by atoms with E-state index in [0.29, 0.717) is 6.79 Å². The molecule has 0 rings (SSSR count). The van der Waals surface area contributed by atoms with E-state index in [1.807, 2.05) is 6.92 Å². The van der Waals surface area contributed by atoms with Crippen LogP contribution in [-0.4, -0.2) is 25.9 Å². The van der Waals surface area contributed by atoms with Crippen LogP contribution in [0.2, 0.25) is 0 Å². The summed E-state index contributed by atoms with van der Waals surface area (Å²) in [5.74, 6) is 6.60. The number of hydrogen-bond acceptors (Lipinski definition) is 2. The van der Waals surface area contributed by atoms with Crippen LogP contribution in [0.4, 0.5) is 0 Å². The number of hydrogen-bond donors (Lipinski definition) is 0. The highest BCUT2D eigenvalue weighted by molar-refractivity contribution is 6.17. The summed E-state index contributed by atoms with van der Waals surface area (Å²) in [7, 11) is 0. The molecule has 32 heavy (non-hydrogen) atoms. The summed E-state index contributed by atoms with van der Waals surface area (Å²) < 4.78 is 10.7. The minimum atomic E-state index is 0.447. The van der Waals surface area contributed by atoms with E-state index in [-0.39, 0.29) is 0 Å². The molecule has 0 amide bonds. The second-order valence-corrected chi connectivity index (χ2v) is 12.0. The van der Waals surface area contributed by atoms with Gasteiger partial charge in [-0.3, -0.25) is 0 Å². The summed E-state index contributed by atoms with van der Waals surface area (Å²) >= 11 is 5.85. The molecule has 3 heteroatoms. The monoisotopic (exact) mass is 474 g/mol. The summed E-state index contributed by atoms with van der Waals surface area (Å²) in [6.45, 7) is 21.2. The molecule has 7 atom stereocenters. The fraction of sp³-hybridized carbons (Fsp3) is 1.00. The molecule has 0 aliphatic rings. The molecule has 0 radical (unpaired) electrons. The van der Waals surface area contributed by atoms with Crippen molar-refractivity contribution in [1.82, 2.24) is 0 Å². The van der Waals surface area contributed by atoms with Gasteiger partial charge in [0.25, 0.3) is 0 Å². The standard InChI is InChI=1S/C29H59ClO2/c1-9-31-22-32-15-11-13-24(3)17-26(5)19-28(7)21-29(8)20-27(6)18-25(4)16-23(2)12-10-14-30/h23-29H,9-22H2,1-8H3. The van der Waals surface area contributed by atoms with Gasteiger partial charge in [0.1, 0.15) is 6.79 Å². The molecule has 0 bridgehead atoms. The molecule has 0 spiro atoms. The van der Waals surface area contributed by atoms with Crippen molar-refractivity contribution in [3.63, 3.8) is 0 Å². The number of alkyl halides is 1. The van der Waals surface area contributed by atoms with Crippen molar-refractivity contribution in [3.8, 4) is 0 Å². The Morgan fingerprint density at radius 1 is 0.531 bits per heavy atom. The molecule has 194 valence electrons. The lowest BCUT2D eigenvalue weighted by Gasteiger charge is -2.26. The van der Waals surface area contributed by atoms with Crippen molar-refractivity contribution >= 4 is 11.6 Å². The average Bonchev–Trinajstić information content (AvgIpc) is 2.68. The highest BCUT2D eigenvalue weighted by Crippen LogP contribution is 2.30. The van der Waals surface area contributed by atoms with Crippen LogP contribution < -0.4 is 0 Å². The first-order valence-corrected chi connectivity index (χ1v) is 14.4. The zero-order valence-corrected chi connectivity index (χ0v) is 23.9. The van der Waals surface area contributed by atoms with Crippen molar-refractivity contribution < 1.29 is 9.47 Å². The Hall–Kier alpha value is 0.210. The third-order valence-electron chi connectivity index (χ3n) is 7.02. The Morgan fingerprint density at radius 2 is 0.906 bits per heavy atom. The lowest BCUT2D eigenvalue weighted by atomic mass is 9.80. The van der Waals surface area contributed by atoms with Crippen LogP contribution in [-0.2, 0) is 9.47 Å². The summed E-state index contributed by atoms with van der Waals surface area (Å²) in [5, 5.41) is 0. The van der Waals surface area contributed by atoms with Crippen LogP contribution in [0, 0.1) is 41.4 Å². The van der Waals surface area contributed by atoms with Gasteiger partial charge in [-0.05, 0) is 113 Å². The van der Waals surface area contributed by atoms with Gasteiger partial charge < -0.3 is 9.47 Å². The number of halogens is 1. The van der Waals surface area contributed by atoms with Gasteiger partial charge in [-0.15, -0.1) is 11.6 Å². The molecule has 0 saturated heterocycles. The quantitative estimate of drug-likeness (QED) is 0.0882. The first-order valence-electron chi connectivity index (χ1n) is 13.9. The van der Waals surface area contributed by atoms with Crippen molar-refractivity contribution in [2.24, 2.45) is 41.4 Å². The van der Waals surface area contributed by atoms with Crippen molar-refractivity contribution in [3.05, 3.63) is 0 Å². The fourth-order valence-electron chi connectivity index (χ4n) is 6.00. The average molecular weight is 475 g/mol. The Balaban J connectivity index is 3.99. The van der Waals surface area contributed by atoms with E-state index in [0.717, 1.165) is 66.9 Å². The highest BCUT2D eigenvalue weighted by Gasteiger charge is 2.18. The second-order valence-electron chi connectivity index (χ2n) is 11.6. The third kappa shape index (κ3) is 19.7. The van der Waals surface area contributed by atoms with E-state index in [9.17, 15) is 0 Å². The smallest absolute Gasteiger partial charge is 0.146 e. The van der Waals surface area contributed by atoms with Crippen LogP contribution in [0.15, 0.2) is 0 Å². The minimum Gasteiger partial charge on any atom is -0.356 e. The molecule has 0 aliphatic heterocycles. The normalized spacial score (nSPS) is 18.7. The van der Waals surface area contributed by atoms with E-state index in [1.54, 1.807) is 0 Å². The summed E-state index contributed by atoms with van der Waals surface area (Å²) in [6, 6.07) is 0. The van der Waals surface area contributed by atoms with E-state index < -0.39 is 0 Å². The molecule has 2 nitrogen and oxygen atoms in total. The molecule has 0 fully saturated rings. The maximum Gasteiger partial charge on any atom is 0.146 e. The second kappa shape index (κ2) is 20.6. The first kappa shape index (κ1) is 32.2. The topological polar surface area (TPSA) is 18.5 Å². The van der Waals surface area contributed by atoms with Gasteiger partial charge in [-0.25, -0.2) is 0 Å². The molecular weight excluding hydrogens is 416 g/mol. The Labute approximate surface area is 207 Å². The summed E-state index contributed by atoms with van der Waals surface area (Å²) in [4.78, 5) is 0. The molecular formula is C29H59ClO2. The number of ether oxygens (including phenoxy) is 2. The van der Waals surface area contributed by atoms with Gasteiger partial charge in [0, 0.05) is 19.1 Å². The number of rotatable bonds is 22. The Morgan fingerprint density at radius 3 is 1.28 bits per heavy atom. The molecule has 0 aliphatic carbocycles. The molecule has 0 saturated carbocycles. The third-order valence-corrected chi connectivity index (χ3v) is 7.28. The largest absolute Gasteiger partial charge is 0.356 e. The first-order chi connectivity index (χ1) is 15.2. The van der Waals surface area contributed by atoms with Crippen LogP contribution in [0.3, 0.4) is 0 Å². The molecule has 7 unspecified atom stereocenters. The van der Waals surface area contributed by atoms with Crippen molar-refractivity contribution in [2.45, 2.75) is 120 Å². The summed E-state index contributed by atoms with van der Waals surface area (Å²) in [6.07, 6.45) is 13.1. The van der Waals surface area contributed by atoms with Crippen LogP contribution in [0.5, 0.6) is 0 Å². The minimum absolute atomic E-state index is 0.447. The predicted molar refractivity (Wildman–Crippen MR) is 143 cm³/mol. The SMILES string of the molecule is CCOCOCCCC(C)CC(C)CC(C)CC(C)CC(C)CC(C)CC(C)CCCCl. The van der Waals surface area contributed by atoms with Crippen molar-refractivity contribution in [1.29, 1.82) is 0 Å². The van der Waals surface area contributed by atoms with Crippen molar-refractivity contribution in [2.75, 3.05) is 25.9 Å². The van der Waals surface area contributed by atoms with Gasteiger partial charge >= 0.3 is 0 Å². The zero-order valence-electron chi connectivity index (χ0n) is 23.1. The molecule has 0 N–H and O–H groups in total. The molecule has 0 aromatic rings. The highest BCUT2D eigenvalue weighted by atomic mass is 35.5. The van der Waals surface area contributed by atoms with Gasteiger partial charge in [0.2, 0.25) is 0 Å². The lowest BCUT2D eigenvalue weighted by molar-refractivity contribution is -0.0508. The predicted octanol–water partition coefficient (Wildman–Crippen LogP) is 9.59. The maximum absolute atomic E-state index is 5.85. The fourth-order valence-corrected chi connectivity index (χ4v) is 6.15. The summed E-state index contributed by atoms with van der Waals surface area (Å²) in [5.41, 5.74) is 0. The van der Waals surface area contributed by atoms with Gasteiger partial charge in [-0.2, -0.15) is 0 Å². The van der Waals surface area contributed by atoms with E-state index in [4.69, 9.17) is 21.1 Å². The van der Waals surface area contributed by atoms with Gasteiger partial charge in [0.05, 0.1) is 0 Å². The van der Waals surface area contributed by atoms with E-state index in [1.165, 1.54) is 57.8 Å². The maximum atomic E-state index is 5.85. The zero-order chi connectivity index (χ0) is 24.4. The van der Waals surface area contributed by atoms with Gasteiger partial charge in [-0.1, -0.05) is 48.5 Å². The Bertz CT molecular complexity index is 403. The van der Waals surface area contributed by atoms with E-state index in [2.05, 4.69) is 48.5 Å². The molecule has 0 aromatic heterocycles. The van der Waals surface area contributed by atoms with Gasteiger partial charge in [0.15, 0.2) is 0 Å². The lowest BCUT2D eigenvalue weighted by Crippen LogP contribution is -2.14. The van der Waals surface area contributed by atoms with Crippen LogP contribution >= 0.6 is 11.6 Å². The Kier molecular flexibility index (Phi) is 20.7. The molecule has 0 aromatic carbocycles. The van der Waals surface area contributed by atoms with Crippen LogP contribution in [0.1, 0.15) is 120 Å².